The van der Waals surface area contributed by atoms with Crippen molar-refractivity contribution < 1.29 is 14.3 Å². The Morgan fingerprint density at radius 3 is 2.38 bits per heavy atom. The lowest BCUT2D eigenvalue weighted by atomic mass is 10.0. The van der Waals surface area contributed by atoms with E-state index in [1.807, 2.05) is 18.7 Å². The molecule has 6 nitrogen and oxygen atoms in total. The molecule has 0 aliphatic carbocycles. The average molecular weight is 297 g/mol. The van der Waals surface area contributed by atoms with E-state index < -0.39 is 0 Å². The summed E-state index contributed by atoms with van der Waals surface area (Å²) in [6, 6.07) is 0.176. The van der Waals surface area contributed by atoms with Gasteiger partial charge in [-0.3, -0.25) is 4.79 Å². The van der Waals surface area contributed by atoms with E-state index in [1.54, 1.807) is 4.90 Å². The molecule has 6 heteroatoms. The van der Waals surface area contributed by atoms with Gasteiger partial charge in [-0.15, -0.1) is 0 Å². The van der Waals surface area contributed by atoms with E-state index >= 15 is 0 Å². The van der Waals surface area contributed by atoms with Gasteiger partial charge in [-0.25, -0.2) is 4.79 Å². The molecule has 0 radical (unpaired) electrons. The Labute approximate surface area is 126 Å². The molecule has 1 atom stereocenters. The minimum Gasteiger partial charge on any atom is -0.368 e. The zero-order valence-electron chi connectivity index (χ0n) is 13.1. The highest BCUT2D eigenvalue weighted by Gasteiger charge is 2.31. The fourth-order valence-electron chi connectivity index (χ4n) is 3.00. The van der Waals surface area contributed by atoms with Gasteiger partial charge in [-0.05, 0) is 39.5 Å². The summed E-state index contributed by atoms with van der Waals surface area (Å²) in [4.78, 5) is 27.9. The number of rotatable bonds is 4. The number of ether oxygens (including phenoxy) is 1. The van der Waals surface area contributed by atoms with Crippen LogP contribution in [0.5, 0.6) is 0 Å². The Balaban J connectivity index is 1.75. The number of piperidine rings is 1. The predicted molar refractivity (Wildman–Crippen MR) is 80.0 cm³/mol. The Hall–Kier alpha value is -1.30. The fraction of sp³-hybridized carbons (Fsp3) is 0.867. The van der Waals surface area contributed by atoms with E-state index in [0.717, 1.165) is 38.8 Å². The summed E-state index contributed by atoms with van der Waals surface area (Å²) in [6.07, 6.45) is 3.24. The van der Waals surface area contributed by atoms with Gasteiger partial charge < -0.3 is 19.9 Å². The van der Waals surface area contributed by atoms with E-state index in [1.165, 1.54) is 0 Å². The van der Waals surface area contributed by atoms with E-state index in [2.05, 4.69) is 5.32 Å². The highest BCUT2D eigenvalue weighted by molar-refractivity contribution is 5.81. The summed E-state index contributed by atoms with van der Waals surface area (Å²) < 4.78 is 5.45. The van der Waals surface area contributed by atoms with Crippen LogP contribution in [0.2, 0.25) is 0 Å². The maximum absolute atomic E-state index is 12.2. The zero-order valence-corrected chi connectivity index (χ0v) is 13.1. The smallest absolute Gasteiger partial charge is 0.317 e. The summed E-state index contributed by atoms with van der Waals surface area (Å²) in [7, 11) is 0. The molecule has 0 bridgehead atoms. The molecule has 0 aromatic rings. The lowest BCUT2D eigenvalue weighted by molar-refractivity contribution is -0.142. The van der Waals surface area contributed by atoms with Gasteiger partial charge in [0.25, 0.3) is 5.91 Å². The second kappa shape index (κ2) is 7.64. The van der Waals surface area contributed by atoms with Crippen molar-refractivity contribution >= 4 is 11.9 Å². The number of carbonyl (C=O) groups is 2. The van der Waals surface area contributed by atoms with Gasteiger partial charge in [0.15, 0.2) is 0 Å². The van der Waals surface area contributed by atoms with E-state index in [4.69, 9.17) is 4.74 Å². The number of hydrogen-bond donors (Lipinski definition) is 1. The molecule has 2 saturated heterocycles. The van der Waals surface area contributed by atoms with E-state index in [0.29, 0.717) is 19.7 Å². The quantitative estimate of drug-likeness (QED) is 0.848. The first-order valence-corrected chi connectivity index (χ1v) is 8.11. The molecule has 120 valence electrons. The summed E-state index contributed by atoms with van der Waals surface area (Å²) >= 11 is 0. The summed E-state index contributed by atoms with van der Waals surface area (Å²) in [5.74, 6) is 0.126. The van der Waals surface area contributed by atoms with Crippen molar-refractivity contribution in [2.45, 2.75) is 51.7 Å². The summed E-state index contributed by atoms with van der Waals surface area (Å²) in [5, 5.41) is 3.07. The van der Waals surface area contributed by atoms with Crippen LogP contribution in [0.25, 0.3) is 0 Å². The second-order valence-electron chi connectivity index (χ2n) is 5.72. The first-order chi connectivity index (χ1) is 10.2. The fourth-order valence-corrected chi connectivity index (χ4v) is 3.00. The van der Waals surface area contributed by atoms with Gasteiger partial charge in [-0.2, -0.15) is 0 Å². The molecule has 2 fully saturated rings. The molecular formula is C15H27N3O3. The van der Waals surface area contributed by atoms with Gasteiger partial charge in [0.1, 0.15) is 6.10 Å². The van der Waals surface area contributed by atoms with Gasteiger partial charge in [0.2, 0.25) is 0 Å². The van der Waals surface area contributed by atoms with Crippen LogP contribution in [-0.4, -0.2) is 66.7 Å². The molecule has 2 aliphatic heterocycles. The minimum absolute atomic E-state index is 0.00361. The maximum atomic E-state index is 12.2. The van der Waals surface area contributed by atoms with Crippen molar-refractivity contribution in [1.82, 2.24) is 15.1 Å². The van der Waals surface area contributed by atoms with Crippen LogP contribution in [0.3, 0.4) is 0 Å². The Morgan fingerprint density at radius 1 is 1.19 bits per heavy atom. The topological polar surface area (TPSA) is 61.9 Å². The van der Waals surface area contributed by atoms with Gasteiger partial charge >= 0.3 is 6.03 Å². The molecule has 2 heterocycles. The minimum atomic E-state index is -0.230. The van der Waals surface area contributed by atoms with Crippen molar-refractivity contribution in [3.05, 3.63) is 0 Å². The largest absolute Gasteiger partial charge is 0.368 e. The number of nitrogens with one attached hydrogen (secondary N) is 1. The lowest BCUT2D eigenvalue weighted by Gasteiger charge is -2.34. The molecule has 0 aromatic carbocycles. The molecule has 2 rings (SSSR count). The standard InChI is InChI=1S/C15H27N3O3/c1-3-17(4-2)15(20)16-12-7-9-18(10-8-12)14(19)13-6-5-11-21-13/h12-13H,3-11H2,1-2H3,(H,16,20)/t13-/m0/s1. The first-order valence-electron chi connectivity index (χ1n) is 8.11. The number of hydrogen-bond acceptors (Lipinski definition) is 3. The molecule has 2 aliphatic rings. The van der Waals surface area contributed by atoms with Gasteiger partial charge in [0, 0.05) is 38.8 Å². The monoisotopic (exact) mass is 297 g/mol. The highest BCUT2D eigenvalue weighted by atomic mass is 16.5. The summed E-state index contributed by atoms with van der Waals surface area (Å²) in [5.41, 5.74) is 0. The normalized spacial score (nSPS) is 23.1. The van der Waals surface area contributed by atoms with Crippen molar-refractivity contribution in [1.29, 1.82) is 0 Å². The Kier molecular flexibility index (Phi) is 5.85. The molecular weight excluding hydrogens is 270 g/mol. The second-order valence-corrected chi connectivity index (χ2v) is 5.72. The van der Waals surface area contributed by atoms with Crippen LogP contribution >= 0.6 is 0 Å². The van der Waals surface area contributed by atoms with E-state index in [9.17, 15) is 9.59 Å². The Bertz CT molecular complexity index is 357. The van der Waals surface area contributed by atoms with Crippen LogP contribution in [0.1, 0.15) is 39.5 Å². The molecule has 0 unspecified atom stereocenters. The van der Waals surface area contributed by atoms with Crippen LogP contribution in [0, 0.1) is 0 Å². The van der Waals surface area contributed by atoms with Crippen LogP contribution in [0.4, 0.5) is 4.79 Å². The third-order valence-corrected chi connectivity index (χ3v) is 4.39. The molecule has 0 aromatic heterocycles. The molecule has 21 heavy (non-hydrogen) atoms. The maximum Gasteiger partial charge on any atom is 0.317 e. The van der Waals surface area contributed by atoms with Crippen molar-refractivity contribution in [2.24, 2.45) is 0 Å². The van der Waals surface area contributed by atoms with Crippen LogP contribution in [0.15, 0.2) is 0 Å². The number of urea groups is 1. The van der Waals surface area contributed by atoms with Crippen LogP contribution < -0.4 is 5.32 Å². The number of nitrogens with zero attached hydrogens (tertiary/aromatic N) is 2. The Morgan fingerprint density at radius 2 is 1.86 bits per heavy atom. The van der Waals surface area contributed by atoms with Crippen molar-refractivity contribution in [3.63, 3.8) is 0 Å². The highest BCUT2D eigenvalue weighted by Crippen LogP contribution is 2.18. The SMILES string of the molecule is CCN(CC)C(=O)NC1CCN(C(=O)[C@@H]2CCCO2)CC1. The number of likely N-dealkylation sites (tertiary alicyclic amines) is 1. The lowest BCUT2D eigenvalue weighted by Crippen LogP contribution is -2.51. The molecule has 0 spiro atoms. The molecule has 0 saturated carbocycles. The van der Waals surface area contributed by atoms with Crippen molar-refractivity contribution in [2.75, 3.05) is 32.8 Å². The molecule has 3 amide bonds. The average Bonchev–Trinajstić information content (AvgIpc) is 3.03. The van der Waals surface area contributed by atoms with E-state index in [-0.39, 0.29) is 24.1 Å². The number of carbonyl (C=O) groups excluding carboxylic acids is 2. The third kappa shape index (κ3) is 4.09. The van der Waals surface area contributed by atoms with Gasteiger partial charge in [-0.1, -0.05) is 0 Å². The van der Waals surface area contributed by atoms with Crippen molar-refractivity contribution in [3.8, 4) is 0 Å². The molecule has 1 N–H and O–H groups in total. The zero-order chi connectivity index (χ0) is 15.2. The third-order valence-electron chi connectivity index (χ3n) is 4.39. The van der Waals surface area contributed by atoms with Gasteiger partial charge in [0.05, 0.1) is 0 Å². The summed E-state index contributed by atoms with van der Waals surface area (Å²) in [6.45, 7) is 7.52. The number of amides is 3. The predicted octanol–water partition coefficient (Wildman–Crippen LogP) is 1.21. The van der Waals surface area contributed by atoms with Crippen LogP contribution in [-0.2, 0) is 9.53 Å². The first kappa shape index (κ1) is 16.1.